The van der Waals surface area contributed by atoms with E-state index < -0.39 is 0 Å². The van der Waals surface area contributed by atoms with Gasteiger partial charge < -0.3 is 4.90 Å². The molecule has 0 aromatic carbocycles. The lowest BCUT2D eigenvalue weighted by Gasteiger charge is -2.36. The van der Waals surface area contributed by atoms with Crippen LogP contribution in [0.25, 0.3) is 0 Å². The molecule has 2 saturated carbocycles. The van der Waals surface area contributed by atoms with Crippen LogP contribution in [0.4, 0.5) is 0 Å². The van der Waals surface area contributed by atoms with Crippen molar-refractivity contribution in [1.29, 1.82) is 0 Å². The molecule has 1 aromatic heterocycles. The summed E-state index contributed by atoms with van der Waals surface area (Å²) in [4.78, 5) is 30.4. The molecule has 0 bridgehead atoms. The van der Waals surface area contributed by atoms with Gasteiger partial charge in [-0.05, 0) is 44.4 Å². The molecule has 0 unspecified atom stereocenters. The molecule has 1 heterocycles. The topological polar surface area (TPSA) is 55.2 Å². The van der Waals surface area contributed by atoms with E-state index in [0.29, 0.717) is 12.1 Å². The van der Waals surface area contributed by atoms with E-state index in [1.807, 2.05) is 4.90 Å². The minimum atomic E-state index is -0.325. The lowest BCUT2D eigenvalue weighted by molar-refractivity contribution is -0.135. The molecule has 120 valence electrons. The summed E-state index contributed by atoms with van der Waals surface area (Å²) in [6.07, 6.45) is 9.26. The third-order valence-corrected chi connectivity index (χ3v) is 5.09. The second kappa shape index (κ2) is 6.41. The molecule has 3 rings (SSSR count). The summed E-state index contributed by atoms with van der Waals surface area (Å²) in [5.41, 5.74) is -0.325. The number of amides is 1. The number of nitrogens with zero attached hydrogens (tertiary/aromatic N) is 3. The fourth-order valence-corrected chi connectivity index (χ4v) is 3.56. The Morgan fingerprint density at radius 1 is 1.23 bits per heavy atom. The third kappa shape index (κ3) is 3.35. The van der Waals surface area contributed by atoms with Crippen LogP contribution in [-0.2, 0) is 11.3 Å². The highest BCUT2D eigenvalue weighted by Crippen LogP contribution is 2.35. The van der Waals surface area contributed by atoms with E-state index in [2.05, 4.69) is 11.9 Å². The van der Waals surface area contributed by atoms with Crippen LogP contribution in [0.3, 0.4) is 0 Å². The van der Waals surface area contributed by atoms with Crippen LogP contribution in [0.2, 0.25) is 5.15 Å². The largest absolute Gasteiger partial charge is 0.335 e. The molecule has 6 heteroatoms. The smallest absolute Gasteiger partial charge is 0.270 e. The fraction of sp³-hybridized carbons (Fsp3) is 0.688. The van der Waals surface area contributed by atoms with Crippen LogP contribution in [0, 0.1) is 5.92 Å². The molecule has 5 nitrogen and oxygen atoms in total. The molecular formula is C16H22ClN3O2. The Kier molecular flexibility index (Phi) is 4.52. The van der Waals surface area contributed by atoms with Crippen LogP contribution in [0.15, 0.2) is 17.2 Å². The van der Waals surface area contributed by atoms with Crippen LogP contribution in [-0.4, -0.2) is 32.4 Å². The van der Waals surface area contributed by atoms with Crippen LogP contribution < -0.4 is 5.56 Å². The number of carbonyl (C=O) groups excluding carboxylic acids is 1. The van der Waals surface area contributed by atoms with Gasteiger partial charge in [0.1, 0.15) is 11.7 Å². The standard InChI is InChI=1S/C16H22ClN3O2/c1-11-2-4-12(5-3-11)20(13-6-7-13)16(22)10-19-14(17)8-18-9-15(19)21/h8-9,11-13H,2-7,10H2,1H3. The first-order valence-corrected chi connectivity index (χ1v) is 8.45. The molecule has 0 radical (unpaired) electrons. The van der Waals surface area contributed by atoms with Gasteiger partial charge in [-0.25, -0.2) is 0 Å². The van der Waals surface area contributed by atoms with Gasteiger partial charge in [-0.15, -0.1) is 0 Å². The van der Waals surface area contributed by atoms with Crippen molar-refractivity contribution in [2.24, 2.45) is 5.92 Å². The molecule has 1 aromatic rings. The quantitative estimate of drug-likeness (QED) is 0.855. The van der Waals surface area contributed by atoms with E-state index in [1.54, 1.807) is 0 Å². The van der Waals surface area contributed by atoms with E-state index >= 15 is 0 Å². The Bertz CT molecular complexity index is 604. The third-order valence-electron chi connectivity index (χ3n) is 4.79. The Hall–Kier alpha value is -1.36. The van der Waals surface area contributed by atoms with Crippen molar-refractivity contribution >= 4 is 17.5 Å². The molecule has 2 fully saturated rings. The minimum Gasteiger partial charge on any atom is -0.335 e. The number of aromatic nitrogens is 2. The highest BCUT2D eigenvalue weighted by Gasteiger charge is 2.38. The molecule has 0 atom stereocenters. The lowest BCUT2D eigenvalue weighted by Crippen LogP contribution is -2.46. The van der Waals surface area contributed by atoms with Crippen molar-refractivity contribution in [2.75, 3.05) is 0 Å². The average molecular weight is 324 g/mol. The van der Waals surface area contributed by atoms with Gasteiger partial charge in [-0.1, -0.05) is 18.5 Å². The van der Waals surface area contributed by atoms with Crippen molar-refractivity contribution in [3.05, 3.63) is 27.9 Å². The van der Waals surface area contributed by atoms with Gasteiger partial charge in [0.05, 0.1) is 12.4 Å². The number of rotatable bonds is 4. The summed E-state index contributed by atoms with van der Waals surface area (Å²) >= 11 is 6.01. The van der Waals surface area contributed by atoms with Crippen molar-refractivity contribution < 1.29 is 4.79 Å². The van der Waals surface area contributed by atoms with Crippen molar-refractivity contribution in [3.63, 3.8) is 0 Å². The predicted octanol–water partition coefficient (Wildman–Crippen LogP) is 2.47. The maximum absolute atomic E-state index is 12.8. The fourth-order valence-electron chi connectivity index (χ4n) is 3.36. The maximum atomic E-state index is 12.8. The van der Waals surface area contributed by atoms with E-state index in [9.17, 15) is 9.59 Å². The Morgan fingerprint density at radius 2 is 1.82 bits per heavy atom. The van der Waals surface area contributed by atoms with Crippen molar-refractivity contribution in [1.82, 2.24) is 14.5 Å². The second-order valence-corrected chi connectivity index (χ2v) is 6.99. The summed E-state index contributed by atoms with van der Waals surface area (Å²) in [6, 6.07) is 0.690. The zero-order chi connectivity index (χ0) is 15.7. The first-order chi connectivity index (χ1) is 10.6. The van der Waals surface area contributed by atoms with Gasteiger partial charge >= 0.3 is 0 Å². The monoisotopic (exact) mass is 323 g/mol. The van der Waals surface area contributed by atoms with E-state index in [-0.39, 0.29) is 23.2 Å². The van der Waals surface area contributed by atoms with E-state index in [1.165, 1.54) is 29.8 Å². The molecule has 0 spiro atoms. The Balaban J connectivity index is 1.75. The van der Waals surface area contributed by atoms with E-state index in [0.717, 1.165) is 31.6 Å². The molecular weight excluding hydrogens is 302 g/mol. The first kappa shape index (κ1) is 15.5. The summed E-state index contributed by atoms with van der Waals surface area (Å²) < 4.78 is 1.30. The van der Waals surface area contributed by atoms with Crippen LogP contribution in [0.1, 0.15) is 45.4 Å². The predicted molar refractivity (Wildman–Crippen MR) is 84.8 cm³/mol. The van der Waals surface area contributed by atoms with Crippen LogP contribution >= 0.6 is 11.6 Å². The number of hydrogen-bond donors (Lipinski definition) is 0. The first-order valence-electron chi connectivity index (χ1n) is 8.07. The van der Waals surface area contributed by atoms with Crippen molar-refractivity contribution in [3.8, 4) is 0 Å². The van der Waals surface area contributed by atoms with Gasteiger partial charge in [0, 0.05) is 12.1 Å². The average Bonchev–Trinajstić information content (AvgIpc) is 3.30. The number of halogens is 1. The minimum absolute atomic E-state index is 0.0113. The van der Waals surface area contributed by atoms with E-state index in [4.69, 9.17) is 11.6 Å². The highest BCUT2D eigenvalue weighted by atomic mass is 35.5. The normalized spacial score (nSPS) is 25.0. The van der Waals surface area contributed by atoms with Gasteiger partial charge in [0.2, 0.25) is 5.91 Å². The molecule has 2 aliphatic carbocycles. The summed E-state index contributed by atoms with van der Waals surface area (Å²) in [5, 5.41) is 0.217. The summed E-state index contributed by atoms with van der Waals surface area (Å²) in [6.45, 7) is 2.29. The van der Waals surface area contributed by atoms with Gasteiger partial charge in [0.15, 0.2) is 0 Å². The van der Waals surface area contributed by atoms with Gasteiger partial charge in [-0.2, -0.15) is 0 Å². The summed E-state index contributed by atoms with van der Waals surface area (Å²) in [7, 11) is 0. The lowest BCUT2D eigenvalue weighted by atomic mass is 9.86. The van der Waals surface area contributed by atoms with Crippen LogP contribution in [0.5, 0.6) is 0 Å². The molecule has 2 aliphatic rings. The summed E-state index contributed by atoms with van der Waals surface area (Å²) in [5.74, 6) is 0.766. The van der Waals surface area contributed by atoms with Gasteiger partial charge in [0.25, 0.3) is 5.56 Å². The Labute approximate surface area is 135 Å². The number of carbonyl (C=O) groups is 1. The molecule has 0 N–H and O–H groups in total. The SMILES string of the molecule is CC1CCC(N(C(=O)Cn2c(Cl)cncc2=O)C2CC2)CC1. The molecule has 22 heavy (non-hydrogen) atoms. The molecule has 0 aliphatic heterocycles. The number of hydrogen-bond acceptors (Lipinski definition) is 3. The zero-order valence-electron chi connectivity index (χ0n) is 12.9. The second-order valence-electron chi connectivity index (χ2n) is 6.60. The Morgan fingerprint density at radius 3 is 2.36 bits per heavy atom. The highest BCUT2D eigenvalue weighted by molar-refractivity contribution is 6.29. The maximum Gasteiger partial charge on any atom is 0.270 e. The zero-order valence-corrected chi connectivity index (χ0v) is 13.6. The van der Waals surface area contributed by atoms with Gasteiger partial charge in [-0.3, -0.25) is 19.1 Å². The van der Waals surface area contributed by atoms with Crippen molar-refractivity contribution in [2.45, 2.75) is 64.1 Å². The molecule has 1 amide bonds. The molecule has 0 saturated heterocycles.